The molecule has 2 atom stereocenters. The molecule has 0 aromatic heterocycles. The molecule has 5 nitrogen and oxygen atoms in total. The fourth-order valence-electron chi connectivity index (χ4n) is 1.35. The minimum Gasteiger partial charge on any atom is -0.344 e. The predicted molar refractivity (Wildman–Crippen MR) is 41.1 cm³/mol. The van der Waals surface area contributed by atoms with Crippen LogP contribution in [0.4, 0.5) is 0 Å². The number of fused-ring (bicyclic) bond motifs is 1. The second-order valence-electron chi connectivity index (χ2n) is 3.14. The van der Waals surface area contributed by atoms with Crippen LogP contribution in [0, 0.1) is 0 Å². The number of hydrogen-bond donors (Lipinski definition) is 0. The van der Waals surface area contributed by atoms with Gasteiger partial charge in [0, 0.05) is 12.8 Å². The van der Waals surface area contributed by atoms with Crippen molar-refractivity contribution in [2.45, 2.75) is 38.5 Å². The molecule has 0 radical (unpaired) electrons. The Bertz CT molecular complexity index is 253. The summed E-state index contributed by atoms with van der Waals surface area (Å²) in [6.45, 7) is 1.68. The summed E-state index contributed by atoms with van der Waals surface area (Å²) in [6.07, 6.45) is 1.18. The Balaban J connectivity index is 1.96. The van der Waals surface area contributed by atoms with Crippen LogP contribution in [0.1, 0.15) is 26.2 Å². The molecule has 0 spiro atoms. The summed E-state index contributed by atoms with van der Waals surface area (Å²) in [5.41, 5.74) is 0. The van der Waals surface area contributed by atoms with E-state index in [4.69, 9.17) is 9.57 Å². The summed E-state index contributed by atoms with van der Waals surface area (Å²) in [4.78, 5) is 27.0. The first-order chi connectivity index (χ1) is 6.22. The van der Waals surface area contributed by atoms with Crippen molar-refractivity contribution in [3.63, 3.8) is 0 Å². The molecule has 2 fully saturated rings. The van der Waals surface area contributed by atoms with Crippen molar-refractivity contribution in [3.8, 4) is 0 Å². The van der Waals surface area contributed by atoms with Gasteiger partial charge >= 0.3 is 5.97 Å². The molecule has 2 unspecified atom stereocenters. The lowest BCUT2D eigenvalue weighted by molar-refractivity contribution is -0.207. The molecule has 0 aromatic rings. The largest absolute Gasteiger partial charge is 0.344 e. The molecule has 0 aromatic carbocycles. The van der Waals surface area contributed by atoms with E-state index >= 15 is 0 Å². The van der Waals surface area contributed by atoms with Crippen LogP contribution < -0.4 is 0 Å². The topological polar surface area (TPSA) is 59.1 Å². The molecule has 13 heavy (non-hydrogen) atoms. The van der Waals surface area contributed by atoms with Gasteiger partial charge in [-0.15, -0.1) is 5.06 Å². The molecule has 0 saturated carbocycles. The van der Waals surface area contributed by atoms with E-state index in [9.17, 15) is 9.59 Å². The van der Waals surface area contributed by atoms with E-state index in [-0.39, 0.29) is 24.7 Å². The smallest absolute Gasteiger partial charge is 0.332 e. The average Bonchev–Trinajstić information content (AvgIpc) is 2.88. The van der Waals surface area contributed by atoms with E-state index in [0.717, 1.165) is 11.5 Å². The lowest BCUT2D eigenvalue weighted by Gasteiger charge is -2.21. The minimum atomic E-state index is -0.399. The molecule has 2 aliphatic heterocycles. The van der Waals surface area contributed by atoms with E-state index in [1.54, 1.807) is 6.92 Å². The van der Waals surface area contributed by atoms with E-state index in [0.29, 0.717) is 6.42 Å². The van der Waals surface area contributed by atoms with Gasteiger partial charge in [0.15, 0.2) is 6.23 Å². The third-order valence-corrected chi connectivity index (χ3v) is 2.16. The van der Waals surface area contributed by atoms with Crippen LogP contribution in [0.25, 0.3) is 0 Å². The van der Waals surface area contributed by atoms with Gasteiger partial charge < -0.3 is 9.57 Å². The zero-order valence-corrected chi connectivity index (χ0v) is 7.36. The Morgan fingerprint density at radius 3 is 3.23 bits per heavy atom. The zero-order valence-electron chi connectivity index (χ0n) is 7.36. The standard InChI is InChI=1S/C8H11NO4/c1-2-7(11)13-9-6(10)4-3-5-8(9)12-5/h5,8H,2-4H2,1H3. The molecule has 2 aliphatic rings. The number of amides is 1. The van der Waals surface area contributed by atoms with Crippen molar-refractivity contribution < 1.29 is 19.2 Å². The number of rotatable bonds is 2. The van der Waals surface area contributed by atoms with E-state index in [1.165, 1.54) is 0 Å². The summed E-state index contributed by atoms with van der Waals surface area (Å²) in [6, 6.07) is 0. The fourth-order valence-corrected chi connectivity index (χ4v) is 1.35. The molecule has 2 saturated heterocycles. The third kappa shape index (κ3) is 1.51. The van der Waals surface area contributed by atoms with Gasteiger partial charge in [0.05, 0.1) is 0 Å². The number of hydrogen-bond acceptors (Lipinski definition) is 4. The van der Waals surface area contributed by atoms with Crippen molar-refractivity contribution in [2.75, 3.05) is 0 Å². The molecular formula is C8H11NO4. The normalized spacial score (nSPS) is 31.2. The second kappa shape index (κ2) is 2.99. The van der Waals surface area contributed by atoms with Crippen molar-refractivity contribution in [2.24, 2.45) is 0 Å². The highest BCUT2D eigenvalue weighted by molar-refractivity contribution is 5.79. The van der Waals surface area contributed by atoms with Crippen molar-refractivity contribution in [1.29, 1.82) is 0 Å². The third-order valence-electron chi connectivity index (χ3n) is 2.16. The van der Waals surface area contributed by atoms with Crippen LogP contribution in [0.3, 0.4) is 0 Å². The van der Waals surface area contributed by atoms with Crippen LogP contribution in [0.2, 0.25) is 0 Å². The Hall–Kier alpha value is -1.10. The van der Waals surface area contributed by atoms with Crippen molar-refractivity contribution in [3.05, 3.63) is 0 Å². The Morgan fingerprint density at radius 1 is 1.77 bits per heavy atom. The molecule has 2 heterocycles. The summed E-state index contributed by atoms with van der Waals surface area (Å²) in [5, 5.41) is 1.07. The fraction of sp³-hybridized carbons (Fsp3) is 0.750. The van der Waals surface area contributed by atoms with Crippen LogP contribution in [0.15, 0.2) is 0 Å². The van der Waals surface area contributed by atoms with E-state index < -0.39 is 5.97 Å². The maximum atomic E-state index is 11.3. The first-order valence-corrected chi connectivity index (χ1v) is 4.40. The van der Waals surface area contributed by atoms with Crippen molar-refractivity contribution in [1.82, 2.24) is 5.06 Å². The van der Waals surface area contributed by atoms with Crippen LogP contribution in [-0.4, -0.2) is 29.3 Å². The molecule has 2 rings (SSSR count). The van der Waals surface area contributed by atoms with Crippen LogP contribution in [0.5, 0.6) is 0 Å². The van der Waals surface area contributed by atoms with Gasteiger partial charge in [0.1, 0.15) is 6.10 Å². The monoisotopic (exact) mass is 185 g/mol. The molecular weight excluding hydrogens is 174 g/mol. The molecule has 0 aliphatic carbocycles. The highest BCUT2D eigenvalue weighted by Crippen LogP contribution is 2.35. The van der Waals surface area contributed by atoms with Gasteiger partial charge in [-0.1, -0.05) is 6.92 Å². The molecule has 0 N–H and O–H groups in total. The zero-order chi connectivity index (χ0) is 9.42. The number of nitrogens with zero attached hydrogens (tertiary/aromatic N) is 1. The first-order valence-electron chi connectivity index (χ1n) is 4.40. The minimum absolute atomic E-state index is 0.0855. The highest BCUT2D eigenvalue weighted by Gasteiger charge is 2.51. The van der Waals surface area contributed by atoms with Gasteiger partial charge in [-0.3, -0.25) is 4.79 Å². The first kappa shape index (κ1) is 8.50. The maximum absolute atomic E-state index is 11.3. The van der Waals surface area contributed by atoms with Gasteiger partial charge in [0.25, 0.3) is 5.91 Å². The van der Waals surface area contributed by atoms with Crippen LogP contribution >= 0.6 is 0 Å². The Labute approximate surface area is 75.5 Å². The number of carbonyl (C=O) groups is 2. The molecule has 0 bridgehead atoms. The summed E-state index contributed by atoms with van der Waals surface area (Å²) < 4.78 is 5.13. The Morgan fingerprint density at radius 2 is 2.54 bits per heavy atom. The molecule has 1 amide bonds. The second-order valence-corrected chi connectivity index (χ2v) is 3.14. The number of piperidine rings is 1. The van der Waals surface area contributed by atoms with Crippen LogP contribution in [-0.2, 0) is 19.2 Å². The molecule has 5 heteroatoms. The van der Waals surface area contributed by atoms with Gasteiger partial charge in [-0.2, -0.15) is 0 Å². The summed E-state index contributed by atoms with van der Waals surface area (Å²) >= 11 is 0. The summed E-state index contributed by atoms with van der Waals surface area (Å²) in [5.74, 6) is -0.565. The Kier molecular flexibility index (Phi) is 1.95. The number of hydroxylamine groups is 2. The van der Waals surface area contributed by atoms with E-state index in [1.807, 2.05) is 0 Å². The SMILES string of the molecule is CCC(=O)ON1C(=O)CCC2OC21. The van der Waals surface area contributed by atoms with E-state index in [2.05, 4.69) is 0 Å². The lowest BCUT2D eigenvalue weighted by Crippen LogP contribution is -2.39. The van der Waals surface area contributed by atoms with Gasteiger partial charge in [0.2, 0.25) is 0 Å². The lowest BCUT2D eigenvalue weighted by atomic mass is 10.1. The number of ether oxygens (including phenoxy) is 1. The van der Waals surface area contributed by atoms with Crippen molar-refractivity contribution >= 4 is 11.9 Å². The maximum Gasteiger partial charge on any atom is 0.332 e. The highest BCUT2D eigenvalue weighted by atomic mass is 16.8. The average molecular weight is 185 g/mol. The molecule has 72 valence electrons. The summed E-state index contributed by atoms with van der Waals surface area (Å²) in [7, 11) is 0. The number of carbonyl (C=O) groups excluding carboxylic acids is 2. The van der Waals surface area contributed by atoms with Gasteiger partial charge in [-0.05, 0) is 6.42 Å². The van der Waals surface area contributed by atoms with Gasteiger partial charge in [-0.25, -0.2) is 4.79 Å². The number of epoxide rings is 1. The predicted octanol–water partition coefficient (Wildman–Crippen LogP) is 0.202. The quantitative estimate of drug-likeness (QED) is 0.577.